The highest BCUT2D eigenvalue weighted by Gasteiger charge is 2.04. The average molecular weight is 239 g/mol. The number of aliphatic hydroxyl groups is 1. The molecule has 2 N–H and O–H groups in total. The van der Waals surface area contributed by atoms with Crippen molar-refractivity contribution in [3.8, 4) is 11.5 Å². The molecule has 0 aliphatic carbocycles. The zero-order valence-corrected chi connectivity index (χ0v) is 10.7. The smallest absolute Gasteiger partial charge is 0.160 e. The largest absolute Gasteiger partial charge is 0.493 e. The fraction of sp³-hybridized carbons (Fsp3) is 0.538. The molecule has 1 aromatic rings. The topological polar surface area (TPSA) is 50.7 Å². The Hall–Kier alpha value is -1.26. The summed E-state index contributed by atoms with van der Waals surface area (Å²) in [6.07, 6.45) is 0.894. The summed E-state index contributed by atoms with van der Waals surface area (Å²) in [6.45, 7) is 2.94. The Balaban J connectivity index is 2.54. The molecule has 17 heavy (non-hydrogen) atoms. The van der Waals surface area contributed by atoms with E-state index in [2.05, 4.69) is 5.32 Å². The molecule has 0 unspecified atom stereocenters. The third-order valence-corrected chi connectivity index (χ3v) is 2.63. The predicted octanol–water partition coefficient (Wildman–Crippen LogP) is 1.22. The standard InChI is InChI=1S/C13H21NO3/c1-10(9-15)14-7-6-11-4-5-12(16-2)13(8-11)17-3/h4-5,8,10,14-15H,6-7,9H2,1-3H3/t10-/m0/s1. The average Bonchev–Trinajstić information content (AvgIpc) is 2.38. The van der Waals surface area contributed by atoms with E-state index in [0.29, 0.717) is 0 Å². The molecule has 0 spiro atoms. The molecule has 0 amide bonds. The van der Waals surface area contributed by atoms with Crippen molar-refractivity contribution in [1.29, 1.82) is 0 Å². The Morgan fingerprint density at radius 3 is 2.53 bits per heavy atom. The van der Waals surface area contributed by atoms with Crippen molar-refractivity contribution in [3.63, 3.8) is 0 Å². The van der Waals surface area contributed by atoms with Crippen LogP contribution >= 0.6 is 0 Å². The minimum absolute atomic E-state index is 0.134. The van der Waals surface area contributed by atoms with Crippen molar-refractivity contribution in [2.45, 2.75) is 19.4 Å². The maximum Gasteiger partial charge on any atom is 0.160 e. The Labute approximate surface area is 103 Å². The molecule has 0 aliphatic heterocycles. The Kier molecular flexibility index (Phi) is 5.80. The third-order valence-electron chi connectivity index (χ3n) is 2.63. The fourth-order valence-electron chi connectivity index (χ4n) is 1.56. The van der Waals surface area contributed by atoms with Crippen molar-refractivity contribution in [2.24, 2.45) is 0 Å². The molecular formula is C13H21NO3. The van der Waals surface area contributed by atoms with Gasteiger partial charge in [-0.25, -0.2) is 0 Å². The van der Waals surface area contributed by atoms with E-state index in [0.717, 1.165) is 24.5 Å². The molecule has 0 aromatic heterocycles. The van der Waals surface area contributed by atoms with Crippen molar-refractivity contribution < 1.29 is 14.6 Å². The van der Waals surface area contributed by atoms with Gasteiger partial charge >= 0.3 is 0 Å². The number of hydrogen-bond donors (Lipinski definition) is 2. The lowest BCUT2D eigenvalue weighted by molar-refractivity contribution is 0.252. The van der Waals surface area contributed by atoms with Gasteiger partial charge < -0.3 is 19.9 Å². The van der Waals surface area contributed by atoms with Gasteiger partial charge in [0, 0.05) is 6.04 Å². The molecule has 0 radical (unpaired) electrons. The van der Waals surface area contributed by atoms with E-state index in [4.69, 9.17) is 14.6 Å². The summed E-state index contributed by atoms with van der Waals surface area (Å²) in [5.74, 6) is 1.49. The van der Waals surface area contributed by atoms with E-state index in [1.54, 1.807) is 14.2 Å². The van der Waals surface area contributed by atoms with Gasteiger partial charge in [-0.2, -0.15) is 0 Å². The first-order valence-corrected chi connectivity index (χ1v) is 5.76. The molecule has 1 aromatic carbocycles. The molecule has 0 saturated carbocycles. The number of benzene rings is 1. The summed E-state index contributed by atoms with van der Waals surface area (Å²) in [5, 5.41) is 12.1. The van der Waals surface area contributed by atoms with Crippen LogP contribution in [0.1, 0.15) is 12.5 Å². The first-order chi connectivity index (χ1) is 8.21. The molecule has 96 valence electrons. The van der Waals surface area contributed by atoms with Crippen LogP contribution in [0.4, 0.5) is 0 Å². The van der Waals surface area contributed by atoms with Crippen molar-refractivity contribution >= 4 is 0 Å². The van der Waals surface area contributed by atoms with Gasteiger partial charge in [-0.05, 0) is 37.6 Å². The number of ether oxygens (including phenoxy) is 2. The second kappa shape index (κ2) is 7.14. The van der Waals surface area contributed by atoms with Gasteiger partial charge in [-0.1, -0.05) is 6.07 Å². The molecule has 0 saturated heterocycles. The molecule has 1 rings (SSSR count). The van der Waals surface area contributed by atoms with Gasteiger partial charge in [-0.3, -0.25) is 0 Å². The number of hydrogen-bond acceptors (Lipinski definition) is 4. The number of rotatable bonds is 7. The van der Waals surface area contributed by atoms with Gasteiger partial charge in [-0.15, -0.1) is 0 Å². The minimum Gasteiger partial charge on any atom is -0.493 e. The van der Waals surface area contributed by atoms with Crippen LogP contribution in [0, 0.1) is 0 Å². The molecule has 4 heteroatoms. The molecule has 0 aliphatic rings. The lowest BCUT2D eigenvalue weighted by Gasteiger charge is -2.12. The highest BCUT2D eigenvalue weighted by molar-refractivity contribution is 5.42. The first-order valence-electron chi connectivity index (χ1n) is 5.76. The molecule has 0 fully saturated rings. The monoisotopic (exact) mass is 239 g/mol. The molecule has 1 atom stereocenters. The van der Waals surface area contributed by atoms with Gasteiger partial charge in [0.25, 0.3) is 0 Å². The molecule has 4 nitrogen and oxygen atoms in total. The lowest BCUT2D eigenvalue weighted by Crippen LogP contribution is -2.30. The fourth-order valence-corrected chi connectivity index (χ4v) is 1.56. The van der Waals surface area contributed by atoms with Crippen LogP contribution in [0.2, 0.25) is 0 Å². The summed E-state index contributed by atoms with van der Waals surface area (Å²) in [7, 11) is 3.26. The van der Waals surface area contributed by atoms with Crippen molar-refractivity contribution in [1.82, 2.24) is 5.32 Å². The predicted molar refractivity (Wildman–Crippen MR) is 67.8 cm³/mol. The van der Waals surface area contributed by atoms with E-state index in [9.17, 15) is 0 Å². The number of nitrogens with one attached hydrogen (secondary N) is 1. The third kappa shape index (κ3) is 4.24. The minimum atomic E-state index is 0.134. The first kappa shape index (κ1) is 13.8. The van der Waals surface area contributed by atoms with Crippen LogP contribution < -0.4 is 14.8 Å². The lowest BCUT2D eigenvalue weighted by atomic mass is 10.1. The van der Waals surface area contributed by atoms with Crippen LogP contribution in [0.25, 0.3) is 0 Å². The van der Waals surface area contributed by atoms with E-state index >= 15 is 0 Å². The van der Waals surface area contributed by atoms with E-state index in [-0.39, 0.29) is 12.6 Å². The van der Waals surface area contributed by atoms with Crippen LogP contribution in [-0.4, -0.2) is 38.5 Å². The Bertz CT molecular complexity index is 341. The summed E-state index contributed by atoms with van der Waals surface area (Å²) in [6, 6.07) is 6.04. The maximum atomic E-state index is 8.88. The summed E-state index contributed by atoms with van der Waals surface area (Å²) in [4.78, 5) is 0. The SMILES string of the molecule is COc1ccc(CCN[C@@H](C)CO)cc1OC. The van der Waals surface area contributed by atoms with Crippen LogP contribution in [0.15, 0.2) is 18.2 Å². The van der Waals surface area contributed by atoms with Crippen molar-refractivity contribution in [3.05, 3.63) is 23.8 Å². The summed E-state index contributed by atoms with van der Waals surface area (Å²) >= 11 is 0. The summed E-state index contributed by atoms with van der Waals surface area (Å²) < 4.78 is 10.4. The number of methoxy groups -OCH3 is 2. The summed E-state index contributed by atoms with van der Waals surface area (Å²) in [5.41, 5.74) is 1.18. The normalized spacial score (nSPS) is 12.2. The van der Waals surface area contributed by atoms with E-state index in [1.165, 1.54) is 5.56 Å². The highest BCUT2D eigenvalue weighted by atomic mass is 16.5. The second-order valence-electron chi connectivity index (χ2n) is 3.98. The zero-order valence-electron chi connectivity index (χ0n) is 10.7. The quantitative estimate of drug-likeness (QED) is 0.751. The van der Waals surface area contributed by atoms with E-state index < -0.39 is 0 Å². The molecule has 0 heterocycles. The molecule has 0 bridgehead atoms. The van der Waals surface area contributed by atoms with Crippen LogP contribution in [0.5, 0.6) is 11.5 Å². The molecular weight excluding hydrogens is 218 g/mol. The van der Waals surface area contributed by atoms with Gasteiger partial charge in [0.1, 0.15) is 0 Å². The van der Waals surface area contributed by atoms with Crippen LogP contribution in [0.3, 0.4) is 0 Å². The maximum absolute atomic E-state index is 8.88. The van der Waals surface area contributed by atoms with Crippen molar-refractivity contribution in [2.75, 3.05) is 27.4 Å². The van der Waals surface area contributed by atoms with Crippen LogP contribution in [-0.2, 0) is 6.42 Å². The Morgan fingerprint density at radius 2 is 1.94 bits per heavy atom. The Morgan fingerprint density at radius 1 is 1.24 bits per heavy atom. The van der Waals surface area contributed by atoms with E-state index in [1.807, 2.05) is 25.1 Å². The highest BCUT2D eigenvalue weighted by Crippen LogP contribution is 2.27. The zero-order chi connectivity index (χ0) is 12.7. The number of aliphatic hydroxyl groups excluding tert-OH is 1. The second-order valence-corrected chi connectivity index (χ2v) is 3.98. The van der Waals surface area contributed by atoms with Gasteiger partial charge in [0.2, 0.25) is 0 Å². The van der Waals surface area contributed by atoms with Gasteiger partial charge in [0.05, 0.1) is 20.8 Å². The van der Waals surface area contributed by atoms with Gasteiger partial charge in [0.15, 0.2) is 11.5 Å².